The van der Waals surface area contributed by atoms with Crippen LogP contribution in [0.5, 0.6) is 0 Å². The third-order valence-electron chi connectivity index (χ3n) is 3.28. The van der Waals surface area contributed by atoms with Gasteiger partial charge in [-0.2, -0.15) is 0 Å². The monoisotopic (exact) mass is 309 g/mol. The van der Waals surface area contributed by atoms with Crippen LogP contribution in [0.15, 0.2) is 40.8 Å². The molecule has 118 valence electrons. The third kappa shape index (κ3) is 3.91. The van der Waals surface area contributed by atoms with Gasteiger partial charge in [0.25, 0.3) is 0 Å². The molecular weight excluding hydrogens is 290 g/mol. The lowest BCUT2D eigenvalue weighted by Gasteiger charge is -2.06. The summed E-state index contributed by atoms with van der Waals surface area (Å²) in [5, 5.41) is 11.4. The summed E-state index contributed by atoms with van der Waals surface area (Å²) in [5.41, 5.74) is 1.86. The first-order chi connectivity index (χ1) is 11.2. The van der Waals surface area contributed by atoms with Crippen LogP contribution in [0, 0.1) is 6.92 Å². The number of benzene rings is 1. The average molecular weight is 309 g/mol. The Balaban J connectivity index is 1.68. The highest BCUT2D eigenvalue weighted by molar-refractivity contribution is 5.51. The number of aryl methyl sites for hydroxylation is 2. The second kappa shape index (κ2) is 7.00. The molecule has 0 radical (unpaired) electrons. The molecule has 2 aromatic heterocycles. The van der Waals surface area contributed by atoms with Crippen LogP contribution in [0.1, 0.15) is 30.8 Å². The third-order valence-corrected chi connectivity index (χ3v) is 3.28. The van der Waals surface area contributed by atoms with Crippen molar-refractivity contribution in [2.45, 2.75) is 33.2 Å². The van der Waals surface area contributed by atoms with E-state index in [0.717, 1.165) is 35.7 Å². The van der Waals surface area contributed by atoms with Crippen LogP contribution in [0.2, 0.25) is 0 Å². The summed E-state index contributed by atoms with van der Waals surface area (Å²) < 4.78 is 5.67. The Morgan fingerprint density at radius 2 is 1.91 bits per heavy atom. The number of hydrogen-bond acceptors (Lipinski definition) is 6. The molecule has 0 aliphatic carbocycles. The van der Waals surface area contributed by atoms with E-state index in [1.54, 1.807) is 0 Å². The molecule has 1 aromatic carbocycles. The minimum atomic E-state index is 0.432. The molecule has 0 aliphatic rings. The topological polar surface area (TPSA) is 76.7 Å². The first kappa shape index (κ1) is 15.1. The molecule has 6 nitrogen and oxygen atoms in total. The Morgan fingerprint density at radius 3 is 2.70 bits per heavy atom. The van der Waals surface area contributed by atoms with Crippen molar-refractivity contribution < 1.29 is 4.42 Å². The molecule has 0 bridgehead atoms. The van der Waals surface area contributed by atoms with Crippen LogP contribution in [0.3, 0.4) is 0 Å². The maximum absolute atomic E-state index is 5.67. The normalized spacial score (nSPS) is 10.7. The predicted molar refractivity (Wildman–Crippen MR) is 87.8 cm³/mol. The van der Waals surface area contributed by atoms with Crippen LogP contribution in [0.4, 0.5) is 5.82 Å². The molecule has 0 atom stereocenters. The predicted octanol–water partition coefficient (Wildman–Crippen LogP) is 3.40. The number of aromatic nitrogens is 4. The van der Waals surface area contributed by atoms with E-state index < -0.39 is 0 Å². The fraction of sp³-hybridized carbons (Fsp3) is 0.294. The Labute approximate surface area is 135 Å². The molecule has 2 heterocycles. The summed E-state index contributed by atoms with van der Waals surface area (Å²) in [7, 11) is 0. The molecular formula is C17H19N5O. The molecule has 0 saturated carbocycles. The quantitative estimate of drug-likeness (QED) is 0.752. The Kier molecular flexibility index (Phi) is 4.61. The van der Waals surface area contributed by atoms with E-state index in [-0.39, 0.29) is 0 Å². The van der Waals surface area contributed by atoms with E-state index >= 15 is 0 Å². The molecule has 3 rings (SSSR count). The molecule has 0 fully saturated rings. The van der Waals surface area contributed by atoms with Gasteiger partial charge in [-0.15, -0.1) is 10.2 Å². The lowest BCUT2D eigenvalue weighted by atomic mass is 10.2. The molecule has 0 aliphatic heterocycles. The van der Waals surface area contributed by atoms with E-state index in [2.05, 4.69) is 32.4 Å². The number of nitrogens with zero attached hydrogens (tertiary/aromatic N) is 4. The van der Waals surface area contributed by atoms with Crippen molar-refractivity contribution in [1.82, 2.24) is 20.2 Å². The van der Waals surface area contributed by atoms with Gasteiger partial charge in [-0.25, -0.2) is 9.97 Å². The van der Waals surface area contributed by atoms with Gasteiger partial charge in [0.15, 0.2) is 0 Å². The number of nitrogens with one attached hydrogen (secondary N) is 1. The second-order valence-electron chi connectivity index (χ2n) is 5.28. The van der Waals surface area contributed by atoms with E-state index in [0.29, 0.717) is 18.3 Å². The molecule has 0 unspecified atom stereocenters. The van der Waals surface area contributed by atoms with Crippen LogP contribution in [-0.2, 0) is 13.0 Å². The molecule has 1 N–H and O–H groups in total. The van der Waals surface area contributed by atoms with Crippen LogP contribution in [-0.4, -0.2) is 20.2 Å². The minimum absolute atomic E-state index is 0.432. The van der Waals surface area contributed by atoms with Gasteiger partial charge >= 0.3 is 0 Å². The summed E-state index contributed by atoms with van der Waals surface area (Å²) in [5.74, 6) is 2.68. The van der Waals surface area contributed by atoms with Crippen LogP contribution in [0.25, 0.3) is 11.5 Å². The van der Waals surface area contributed by atoms with Crippen molar-refractivity contribution in [3.8, 4) is 11.5 Å². The van der Waals surface area contributed by atoms with Crippen molar-refractivity contribution in [1.29, 1.82) is 0 Å². The molecule has 0 amide bonds. The number of rotatable bonds is 6. The van der Waals surface area contributed by atoms with Gasteiger partial charge in [-0.05, 0) is 25.5 Å². The van der Waals surface area contributed by atoms with Crippen molar-refractivity contribution >= 4 is 5.82 Å². The fourth-order valence-corrected chi connectivity index (χ4v) is 2.24. The van der Waals surface area contributed by atoms with Crippen molar-refractivity contribution in [2.24, 2.45) is 0 Å². The van der Waals surface area contributed by atoms with Gasteiger partial charge in [-0.1, -0.05) is 25.1 Å². The van der Waals surface area contributed by atoms with Gasteiger partial charge in [0.2, 0.25) is 11.8 Å². The highest BCUT2D eigenvalue weighted by Gasteiger charge is 2.08. The number of anilines is 1. The zero-order valence-electron chi connectivity index (χ0n) is 13.3. The first-order valence-corrected chi connectivity index (χ1v) is 7.71. The van der Waals surface area contributed by atoms with Gasteiger partial charge in [-0.3, -0.25) is 0 Å². The zero-order chi connectivity index (χ0) is 16.1. The van der Waals surface area contributed by atoms with E-state index in [1.165, 1.54) is 0 Å². The van der Waals surface area contributed by atoms with Gasteiger partial charge < -0.3 is 9.73 Å². The largest absolute Gasteiger partial charge is 0.419 e. The SMILES string of the molecule is CCCc1nc(C)cc(NCc2nnc(-c3ccccc3)o2)n1. The van der Waals surface area contributed by atoms with Crippen molar-refractivity contribution in [3.63, 3.8) is 0 Å². The Hall–Kier alpha value is -2.76. The molecule has 6 heteroatoms. The first-order valence-electron chi connectivity index (χ1n) is 7.71. The van der Waals surface area contributed by atoms with E-state index in [1.807, 2.05) is 43.3 Å². The van der Waals surface area contributed by atoms with Crippen molar-refractivity contribution in [3.05, 3.63) is 53.8 Å². The molecule has 0 spiro atoms. The maximum Gasteiger partial charge on any atom is 0.247 e. The Morgan fingerprint density at radius 1 is 1.09 bits per heavy atom. The standard InChI is InChI=1S/C17H19N5O/c1-3-7-14-19-12(2)10-15(20-14)18-11-16-21-22-17(23-16)13-8-5-4-6-9-13/h4-6,8-10H,3,7,11H2,1-2H3,(H,18,19,20). The molecule has 3 aromatic rings. The van der Waals surface area contributed by atoms with E-state index in [9.17, 15) is 0 Å². The summed E-state index contributed by atoms with van der Waals surface area (Å²) in [6.45, 7) is 4.51. The Bertz CT molecular complexity index is 770. The fourth-order valence-electron chi connectivity index (χ4n) is 2.24. The summed E-state index contributed by atoms with van der Waals surface area (Å²) in [4.78, 5) is 8.91. The van der Waals surface area contributed by atoms with Gasteiger partial charge in [0.05, 0.1) is 6.54 Å². The lowest BCUT2D eigenvalue weighted by molar-refractivity contribution is 0.514. The molecule has 23 heavy (non-hydrogen) atoms. The lowest BCUT2D eigenvalue weighted by Crippen LogP contribution is -2.05. The zero-order valence-corrected chi connectivity index (χ0v) is 13.3. The smallest absolute Gasteiger partial charge is 0.247 e. The van der Waals surface area contributed by atoms with Crippen LogP contribution >= 0.6 is 0 Å². The van der Waals surface area contributed by atoms with E-state index in [4.69, 9.17) is 4.42 Å². The average Bonchev–Trinajstić information content (AvgIpc) is 3.03. The van der Waals surface area contributed by atoms with Gasteiger partial charge in [0.1, 0.15) is 11.6 Å². The number of hydrogen-bond donors (Lipinski definition) is 1. The maximum atomic E-state index is 5.67. The minimum Gasteiger partial charge on any atom is -0.419 e. The summed E-state index contributed by atoms with van der Waals surface area (Å²) >= 11 is 0. The summed E-state index contributed by atoms with van der Waals surface area (Å²) in [6, 6.07) is 11.6. The summed E-state index contributed by atoms with van der Waals surface area (Å²) in [6.07, 6.45) is 1.89. The molecule has 0 saturated heterocycles. The highest BCUT2D eigenvalue weighted by Crippen LogP contribution is 2.17. The van der Waals surface area contributed by atoms with Gasteiger partial charge in [0, 0.05) is 23.7 Å². The highest BCUT2D eigenvalue weighted by atomic mass is 16.4. The second-order valence-corrected chi connectivity index (χ2v) is 5.28. The van der Waals surface area contributed by atoms with Crippen LogP contribution < -0.4 is 5.32 Å². The van der Waals surface area contributed by atoms with Crippen molar-refractivity contribution in [2.75, 3.05) is 5.32 Å².